The Morgan fingerprint density at radius 2 is 1.90 bits per heavy atom. The second kappa shape index (κ2) is 6.15. The molecule has 0 heterocycles. The van der Waals surface area contributed by atoms with E-state index in [4.69, 9.17) is 18.0 Å². The smallest absolute Gasteiger partial charge is 0.255 e. The van der Waals surface area contributed by atoms with Crippen LogP contribution in [0.15, 0.2) is 46.9 Å². The van der Waals surface area contributed by atoms with Gasteiger partial charge in [0, 0.05) is 21.3 Å². The van der Waals surface area contributed by atoms with E-state index in [9.17, 15) is 4.79 Å². The number of halogens is 1. The molecule has 0 saturated carbocycles. The molecule has 0 aliphatic rings. The van der Waals surface area contributed by atoms with Gasteiger partial charge >= 0.3 is 0 Å². The van der Waals surface area contributed by atoms with Crippen molar-refractivity contribution >= 4 is 44.7 Å². The Hall–Kier alpha value is -1.72. The second-order valence-corrected chi connectivity index (χ2v) is 5.66. The Labute approximate surface area is 131 Å². The molecular weight excluding hydrogens is 336 g/mol. The van der Waals surface area contributed by atoms with Crippen LogP contribution in [0.4, 0.5) is 5.69 Å². The first kappa shape index (κ1) is 14.7. The summed E-state index contributed by atoms with van der Waals surface area (Å²) in [5, 5.41) is 2.85. The normalized spacial score (nSPS) is 10.1. The number of hydrogen-bond donors (Lipinski definition) is 2. The zero-order chi connectivity index (χ0) is 14.7. The van der Waals surface area contributed by atoms with Crippen LogP contribution in [0, 0.1) is 6.92 Å². The maximum absolute atomic E-state index is 12.2. The second-order valence-electron chi connectivity index (χ2n) is 4.36. The van der Waals surface area contributed by atoms with Crippen molar-refractivity contribution in [1.82, 2.24) is 0 Å². The predicted octanol–water partition coefficient (Wildman–Crippen LogP) is 3.64. The van der Waals surface area contributed by atoms with Gasteiger partial charge in [-0.05, 0) is 42.8 Å². The maximum Gasteiger partial charge on any atom is 0.255 e. The van der Waals surface area contributed by atoms with Gasteiger partial charge in [0.2, 0.25) is 0 Å². The molecular formula is C15H13BrN2OS. The molecule has 0 aliphatic carbocycles. The van der Waals surface area contributed by atoms with Crippen molar-refractivity contribution < 1.29 is 4.79 Å². The number of aryl methyl sites for hydroxylation is 1. The van der Waals surface area contributed by atoms with E-state index in [1.165, 1.54) is 0 Å². The topological polar surface area (TPSA) is 55.1 Å². The lowest BCUT2D eigenvalue weighted by atomic mass is 10.1. The van der Waals surface area contributed by atoms with Gasteiger partial charge in [-0.25, -0.2) is 0 Å². The highest BCUT2D eigenvalue weighted by atomic mass is 79.9. The lowest BCUT2D eigenvalue weighted by molar-refractivity contribution is 0.102. The maximum atomic E-state index is 12.2. The Balaban J connectivity index is 2.21. The SMILES string of the molecule is Cc1cc(NC(=O)c2cccc(C(N)=S)c2)ccc1Br. The van der Waals surface area contributed by atoms with Gasteiger partial charge in [-0.15, -0.1) is 0 Å². The van der Waals surface area contributed by atoms with Gasteiger partial charge in [0.25, 0.3) is 5.91 Å². The number of benzene rings is 2. The quantitative estimate of drug-likeness (QED) is 0.832. The number of carbonyl (C=O) groups excluding carboxylic acids is 1. The molecule has 0 atom stereocenters. The Morgan fingerprint density at radius 1 is 1.20 bits per heavy atom. The van der Waals surface area contributed by atoms with Crippen molar-refractivity contribution in [3.05, 3.63) is 63.6 Å². The predicted molar refractivity (Wildman–Crippen MR) is 89.2 cm³/mol. The van der Waals surface area contributed by atoms with E-state index < -0.39 is 0 Å². The highest BCUT2D eigenvalue weighted by Gasteiger charge is 2.08. The van der Waals surface area contributed by atoms with E-state index in [1.54, 1.807) is 24.3 Å². The van der Waals surface area contributed by atoms with Gasteiger partial charge in [0.15, 0.2) is 0 Å². The molecule has 2 rings (SSSR count). The standard InChI is InChI=1S/C15H13BrN2OS/c1-9-7-12(5-6-13(9)16)18-15(19)11-4-2-3-10(8-11)14(17)20/h2-8H,1H3,(H2,17,20)(H,18,19). The summed E-state index contributed by atoms with van der Waals surface area (Å²) in [6, 6.07) is 12.6. The van der Waals surface area contributed by atoms with Gasteiger partial charge in [-0.1, -0.05) is 40.3 Å². The average molecular weight is 349 g/mol. The van der Waals surface area contributed by atoms with E-state index >= 15 is 0 Å². The van der Waals surface area contributed by atoms with Crippen LogP contribution >= 0.6 is 28.1 Å². The fraction of sp³-hybridized carbons (Fsp3) is 0.0667. The van der Waals surface area contributed by atoms with E-state index in [0.29, 0.717) is 11.1 Å². The van der Waals surface area contributed by atoms with E-state index in [0.717, 1.165) is 15.7 Å². The third-order valence-corrected chi connectivity index (χ3v) is 3.95. The lowest BCUT2D eigenvalue weighted by Gasteiger charge is -2.08. The number of hydrogen-bond acceptors (Lipinski definition) is 2. The summed E-state index contributed by atoms with van der Waals surface area (Å²) >= 11 is 8.34. The molecule has 3 nitrogen and oxygen atoms in total. The molecule has 5 heteroatoms. The fourth-order valence-corrected chi connectivity index (χ4v) is 2.11. The molecule has 0 saturated heterocycles. The van der Waals surface area contributed by atoms with Crippen molar-refractivity contribution in [3.63, 3.8) is 0 Å². The molecule has 0 spiro atoms. The largest absolute Gasteiger partial charge is 0.389 e. The number of nitrogens with two attached hydrogens (primary N) is 1. The zero-order valence-electron chi connectivity index (χ0n) is 10.8. The van der Waals surface area contributed by atoms with Crippen LogP contribution in [0.5, 0.6) is 0 Å². The van der Waals surface area contributed by atoms with Crippen molar-refractivity contribution in [3.8, 4) is 0 Å². The van der Waals surface area contributed by atoms with Crippen LogP contribution in [0.3, 0.4) is 0 Å². The minimum atomic E-state index is -0.190. The summed E-state index contributed by atoms with van der Waals surface area (Å²) in [4.78, 5) is 12.5. The summed E-state index contributed by atoms with van der Waals surface area (Å²) < 4.78 is 1.01. The average Bonchev–Trinajstić information content (AvgIpc) is 2.43. The first-order valence-electron chi connectivity index (χ1n) is 5.95. The first-order chi connectivity index (χ1) is 9.47. The van der Waals surface area contributed by atoms with Crippen molar-refractivity contribution in [2.45, 2.75) is 6.92 Å². The molecule has 1 amide bonds. The van der Waals surface area contributed by atoms with Crippen LogP contribution in [0.2, 0.25) is 0 Å². The lowest BCUT2D eigenvalue weighted by Crippen LogP contribution is -2.14. The van der Waals surface area contributed by atoms with E-state index in [1.807, 2.05) is 25.1 Å². The number of carbonyl (C=O) groups is 1. The van der Waals surface area contributed by atoms with Gasteiger partial charge in [0.1, 0.15) is 4.99 Å². The Morgan fingerprint density at radius 3 is 2.55 bits per heavy atom. The minimum Gasteiger partial charge on any atom is -0.389 e. The number of nitrogens with one attached hydrogen (secondary N) is 1. The van der Waals surface area contributed by atoms with Gasteiger partial charge < -0.3 is 11.1 Å². The van der Waals surface area contributed by atoms with E-state index in [2.05, 4.69) is 21.2 Å². The molecule has 2 aromatic carbocycles. The van der Waals surface area contributed by atoms with Crippen LogP contribution < -0.4 is 11.1 Å². The molecule has 2 aromatic rings. The summed E-state index contributed by atoms with van der Waals surface area (Å²) in [5.41, 5.74) is 8.57. The van der Waals surface area contributed by atoms with E-state index in [-0.39, 0.29) is 10.9 Å². The van der Waals surface area contributed by atoms with Crippen LogP contribution in [-0.4, -0.2) is 10.9 Å². The summed E-state index contributed by atoms with van der Waals surface area (Å²) in [7, 11) is 0. The third kappa shape index (κ3) is 3.43. The molecule has 20 heavy (non-hydrogen) atoms. The zero-order valence-corrected chi connectivity index (χ0v) is 13.2. The highest BCUT2D eigenvalue weighted by Crippen LogP contribution is 2.20. The summed E-state index contributed by atoms with van der Waals surface area (Å²) in [5.74, 6) is -0.190. The van der Waals surface area contributed by atoms with Crippen molar-refractivity contribution in [1.29, 1.82) is 0 Å². The van der Waals surface area contributed by atoms with Crippen molar-refractivity contribution in [2.24, 2.45) is 5.73 Å². The van der Waals surface area contributed by atoms with Crippen LogP contribution in [0.25, 0.3) is 0 Å². The van der Waals surface area contributed by atoms with Crippen LogP contribution in [0.1, 0.15) is 21.5 Å². The van der Waals surface area contributed by atoms with Gasteiger partial charge in [-0.2, -0.15) is 0 Å². The molecule has 102 valence electrons. The Kier molecular flexibility index (Phi) is 4.52. The molecule has 3 N–H and O–H groups in total. The summed E-state index contributed by atoms with van der Waals surface area (Å²) in [6.07, 6.45) is 0. The summed E-state index contributed by atoms with van der Waals surface area (Å²) in [6.45, 7) is 1.97. The number of amides is 1. The molecule has 0 bridgehead atoms. The van der Waals surface area contributed by atoms with Gasteiger partial charge in [0.05, 0.1) is 0 Å². The van der Waals surface area contributed by atoms with Crippen molar-refractivity contribution in [2.75, 3.05) is 5.32 Å². The highest BCUT2D eigenvalue weighted by molar-refractivity contribution is 9.10. The molecule has 0 fully saturated rings. The molecule has 0 unspecified atom stereocenters. The third-order valence-electron chi connectivity index (χ3n) is 2.83. The molecule has 0 aromatic heterocycles. The number of rotatable bonds is 3. The van der Waals surface area contributed by atoms with Gasteiger partial charge in [-0.3, -0.25) is 4.79 Å². The fourth-order valence-electron chi connectivity index (χ4n) is 1.74. The number of anilines is 1. The monoisotopic (exact) mass is 348 g/mol. The number of thiocarbonyl (C=S) groups is 1. The van der Waals surface area contributed by atoms with Crippen LogP contribution in [-0.2, 0) is 0 Å². The molecule has 0 radical (unpaired) electrons. The first-order valence-corrected chi connectivity index (χ1v) is 7.15. The minimum absolute atomic E-state index is 0.190. The molecule has 0 aliphatic heterocycles. The Bertz CT molecular complexity index is 685.